The molecular formula is C13H14N2OS. The fourth-order valence-corrected chi connectivity index (χ4v) is 1.89. The number of thiol groups is 1. The molecule has 0 heterocycles. The Morgan fingerprint density at radius 1 is 1.35 bits per heavy atom. The van der Waals surface area contributed by atoms with Gasteiger partial charge in [0.15, 0.2) is 6.61 Å². The molecule has 1 aromatic carbocycles. The van der Waals surface area contributed by atoms with E-state index in [1.54, 1.807) is 6.07 Å². The minimum atomic E-state index is 0.0306. The van der Waals surface area contributed by atoms with E-state index in [0.717, 1.165) is 5.56 Å². The van der Waals surface area contributed by atoms with Crippen LogP contribution in [0.1, 0.15) is 24.8 Å². The third kappa shape index (κ3) is 4.01. The van der Waals surface area contributed by atoms with Gasteiger partial charge in [-0.15, -0.1) is 0 Å². The monoisotopic (exact) mass is 246 g/mol. The summed E-state index contributed by atoms with van der Waals surface area (Å²) in [6.45, 7) is 2.00. The molecule has 17 heavy (non-hydrogen) atoms. The third-order valence-corrected chi connectivity index (χ3v) is 2.84. The zero-order valence-corrected chi connectivity index (χ0v) is 10.5. The first-order chi connectivity index (χ1) is 8.19. The van der Waals surface area contributed by atoms with Gasteiger partial charge in [0, 0.05) is 17.6 Å². The molecule has 2 unspecified atom stereocenters. The highest BCUT2D eigenvalue weighted by molar-refractivity contribution is 7.81. The number of nitriles is 2. The van der Waals surface area contributed by atoms with Crippen molar-refractivity contribution in [2.75, 3.05) is 6.61 Å². The Hall–Kier alpha value is -1.65. The Kier molecular flexibility index (Phi) is 5.39. The summed E-state index contributed by atoms with van der Waals surface area (Å²) in [5, 5.41) is 17.3. The van der Waals surface area contributed by atoms with Crippen LogP contribution in [-0.2, 0) is 0 Å². The Labute approximate surface area is 107 Å². The molecule has 0 aliphatic carbocycles. The predicted octanol–water partition coefficient (Wildman–Crippen LogP) is 2.90. The van der Waals surface area contributed by atoms with Crippen molar-refractivity contribution in [1.29, 1.82) is 10.5 Å². The van der Waals surface area contributed by atoms with Crippen molar-refractivity contribution in [1.82, 2.24) is 0 Å². The molecule has 0 aromatic heterocycles. The van der Waals surface area contributed by atoms with Gasteiger partial charge in [-0.25, -0.2) is 0 Å². The summed E-state index contributed by atoms with van der Waals surface area (Å²) in [6.07, 6.45) is 0.423. The minimum Gasteiger partial charge on any atom is -0.479 e. The maximum atomic E-state index is 8.80. The lowest BCUT2D eigenvalue weighted by Crippen LogP contribution is -2.09. The van der Waals surface area contributed by atoms with Crippen molar-refractivity contribution in [3.63, 3.8) is 0 Å². The lowest BCUT2D eigenvalue weighted by atomic mass is 9.93. The second kappa shape index (κ2) is 6.83. The molecule has 2 atom stereocenters. The fraction of sp³-hybridized carbons (Fsp3) is 0.385. The van der Waals surface area contributed by atoms with Crippen LogP contribution in [-0.4, -0.2) is 11.9 Å². The van der Waals surface area contributed by atoms with Gasteiger partial charge >= 0.3 is 0 Å². The van der Waals surface area contributed by atoms with Crippen molar-refractivity contribution in [2.45, 2.75) is 24.5 Å². The highest BCUT2D eigenvalue weighted by Crippen LogP contribution is 2.28. The van der Waals surface area contributed by atoms with E-state index in [1.165, 1.54) is 0 Å². The highest BCUT2D eigenvalue weighted by atomic mass is 32.1. The SMILES string of the molecule is CC(S)C(CC#N)c1cccc(OCC#N)c1. The maximum absolute atomic E-state index is 8.80. The van der Waals surface area contributed by atoms with Crippen LogP contribution < -0.4 is 4.74 Å². The first-order valence-corrected chi connectivity index (χ1v) is 5.85. The van der Waals surface area contributed by atoms with Crippen molar-refractivity contribution in [3.05, 3.63) is 29.8 Å². The minimum absolute atomic E-state index is 0.0306. The number of rotatable bonds is 5. The van der Waals surface area contributed by atoms with Gasteiger partial charge in [-0.1, -0.05) is 19.1 Å². The van der Waals surface area contributed by atoms with E-state index in [9.17, 15) is 0 Å². The summed E-state index contributed by atoms with van der Waals surface area (Å²) >= 11 is 4.40. The largest absolute Gasteiger partial charge is 0.479 e. The lowest BCUT2D eigenvalue weighted by Gasteiger charge is -2.18. The molecule has 0 bridgehead atoms. The number of ether oxygens (including phenoxy) is 1. The molecule has 0 N–H and O–H groups in total. The van der Waals surface area contributed by atoms with Crippen LogP contribution in [0.25, 0.3) is 0 Å². The molecule has 0 saturated heterocycles. The van der Waals surface area contributed by atoms with Crippen LogP contribution in [0.4, 0.5) is 0 Å². The molecule has 0 saturated carbocycles. The molecule has 3 nitrogen and oxygen atoms in total. The highest BCUT2D eigenvalue weighted by Gasteiger charge is 2.16. The van der Waals surface area contributed by atoms with Crippen molar-refractivity contribution < 1.29 is 4.74 Å². The summed E-state index contributed by atoms with van der Waals surface area (Å²) in [6, 6.07) is 11.6. The van der Waals surface area contributed by atoms with Crippen molar-refractivity contribution in [2.24, 2.45) is 0 Å². The topological polar surface area (TPSA) is 56.8 Å². The van der Waals surface area contributed by atoms with E-state index < -0.39 is 0 Å². The quantitative estimate of drug-likeness (QED) is 0.813. The van der Waals surface area contributed by atoms with Gasteiger partial charge in [-0.3, -0.25) is 0 Å². The molecule has 0 amide bonds. The Bertz CT molecular complexity index is 445. The van der Waals surface area contributed by atoms with Crippen molar-refractivity contribution >= 4 is 12.6 Å². The summed E-state index contributed by atoms with van der Waals surface area (Å²) in [5.74, 6) is 0.731. The first-order valence-electron chi connectivity index (χ1n) is 5.33. The van der Waals surface area contributed by atoms with Gasteiger partial charge < -0.3 is 4.74 Å². The van der Waals surface area contributed by atoms with Crippen LogP contribution in [0.5, 0.6) is 5.75 Å². The molecule has 0 spiro atoms. The number of hydrogen-bond donors (Lipinski definition) is 1. The van der Waals surface area contributed by atoms with E-state index in [0.29, 0.717) is 12.2 Å². The molecule has 1 aromatic rings. The summed E-state index contributed by atoms with van der Waals surface area (Å²) in [5.41, 5.74) is 1.02. The standard InChI is InChI=1S/C13H14N2OS/c1-10(17)13(5-6-14)11-3-2-4-12(9-11)16-8-7-15/h2-4,9-10,13,17H,5,8H2,1H3. The zero-order valence-electron chi connectivity index (χ0n) is 9.63. The van der Waals surface area contributed by atoms with Crippen molar-refractivity contribution in [3.8, 4) is 17.9 Å². The molecule has 4 heteroatoms. The predicted molar refractivity (Wildman–Crippen MR) is 69.0 cm³/mol. The second-order valence-electron chi connectivity index (χ2n) is 3.73. The van der Waals surface area contributed by atoms with Crippen LogP contribution in [0.2, 0.25) is 0 Å². The smallest absolute Gasteiger partial charge is 0.174 e. The van der Waals surface area contributed by atoms with Gasteiger partial charge in [0.05, 0.1) is 6.07 Å². The number of benzene rings is 1. The Balaban J connectivity index is 2.89. The van der Waals surface area contributed by atoms with E-state index >= 15 is 0 Å². The van der Waals surface area contributed by atoms with Crippen LogP contribution in [0, 0.1) is 22.7 Å². The summed E-state index contributed by atoms with van der Waals surface area (Å²) in [4.78, 5) is 0. The molecule has 0 fully saturated rings. The molecule has 1 rings (SSSR count). The van der Waals surface area contributed by atoms with Gasteiger partial charge in [0.2, 0.25) is 0 Å². The van der Waals surface area contributed by atoms with E-state index in [2.05, 4.69) is 18.7 Å². The van der Waals surface area contributed by atoms with E-state index in [4.69, 9.17) is 15.3 Å². The Morgan fingerprint density at radius 3 is 2.71 bits per heavy atom. The van der Waals surface area contributed by atoms with E-state index in [1.807, 2.05) is 31.2 Å². The zero-order chi connectivity index (χ0) is 12.7. The third-order valence-electron chi connectivity index (χ3n) is 2.48. The van der Waals surface area contributed by atoms with Crippen LogP contribution in [0.15, 0.2) is 24.3 Å². The van der Waals surface area contributed by atoms with Gasteiger partial charge in [0.1, 0.15) is 11.8 Å². The van der Waals surface area contributed by atoms with E-state index in [-0.39, 0.29) is 17.8 Å². The maximum Gasteiger partial charge on any atom is 0.174 e. The molecule has 0 aliphatic heterocycles. The average molecular weight is 246 g/mol. The Morgan fingerprint density at radius 2 is 2.12 bits per heavy atom. The molecule has 88 valence electrons. The second-order valence-corrected chi connectivity index (χ2v) is 4.54. The molecule has 0 aliphatic rings. The lowest BCUT2D eigenvalue weighted by molar-refractivity contribution is 0.367. The molecule has 0 radical (unpaired) electrons. The van der Waals surface area contributed by atoms with Gasteiger partial charge in [-0.05, 0) is 17.7 Å². The van der Waals surface area contributed by atoms with Crippen LogP contribution >= 0.6 is 12.6 Å². The first kappa shape index (κ1) is 13.4. The number of hydrogen-bond acceptors (Lipinski definition) is 4. The summed E-state index contributed by atoms with van der Waals surface area (Å²) < 4.78 is 5.23. The number of nitrogens with zero attached hydrogens (tertiary/aromatic N) is 2. The fourth-order valence-electron chi connectivity index (χ4n) is 1.62. The van der Waals surface area contributed by atoms with Crippen LogP contribution in [0.3, 0.4) is 0 Å². The summed E-state index contributed by atoms with van der Waals surface area (Å²) in [7, 11) is 0. The van der Waals surface area contributed by atoms with Gasteiger partial charge in [-0.2, -0.15) is 23.2 Å². The normalized spacial score (nSPS) is 13.2. The average Bonchev–Trinajstić information content (AvgIpc) is 2.33. The molecular weight excluding hydrogens is 232 g/mol. The van der Waals surface area contributed by atoms with Gasteiger partial charge in [0.25, 0.3) is 0 Å².